The second-order valence-corrected chi connectivity index (χ2v) is 5.75. The van der Waals surface area contributed by atoms with Crippen LogP contribution in [0.3, 0.4) is 0 Å². The predicted molar refractivity (Wildman–Crippen MR) is 79.3 cm³/mol. The Labute approximate surface area is 117 Å². The van der Waals surface area contributed by atoms with Crippen LogP contribution in [0.5, 0.6) is 5.75 Å². The van der Waals surface area contributed by atoms with Gasteiger partial charge in [0.1, 0.15) is 5.75 Å². The summed E-state index contributed by atoms with van der Waals surface area (Å²) in [5.74, 6) is 0.924. The van der Waals surface area contributed by atoms with Gasteiger partial charge in [-0.2, -0.15) is 0 Å². The molecule has 1 rings (SSSR count). The molecule has 19 heavy (non-hydrogen) atoms. The first kappa shape index (κ1) is 16.0. The standard InChI is InChI=1S/C16H27NO2/c1-16(2,13-17)9-4-5-10-19-15-8-6-7-14(11-15)12-18-3/h6-8,11H,4-5,9-10,12-13,17H2,1-3H3. The fourth-order valence-corrected chi connectivity index (χ4v) is 1.89. The van der Waals surface area contributed by atoms with Crippen molar-refractivity contribution in [3.8, 4) is 5.75 Å². The second-order valence-electron chi connectivity index (χ2n) is 5.75. The molecule has 3 nitrogen and oxygen atoms in total. The number of methoxy groups -OCH3 is 1. The molecule has 0 radical (unpaired) electrons. The highest BCUT2D eigenvalue weighted by Gasteiger charge is 2.14. The fraction of sp³-hybridized carbons (Fsp3) is 0.625. The van der Waals surface area contributed by atoms with E-state index in [0.29, 0.717) is 6.61 Å². The zero-order valence-corrected chi connectivity index (χ0v) is 12.4. The Hall–Kier alpha value is -1.06. The zero-order chi connectivity index (χ0) is 14.1. The van der Waals surface area contributed by atoms with Crippen molar-refractivity contribution in [1.82, 2.24) is 0 Å². The van der Waals surface area contributed by atoms with Gasteiger partial charge in [0, 0.05) is 7.11 Å². The molecule has 0 saturated heterocycles. The summed E-state index contributed by atoms with van der Waals surface area (Å²) in [6.45, 7) is 6.55. The SMILES string of the molecule is COCc1cccc(OCCCCC(C)(C)CN)c1. The van der Waals surface area contributed by atoms with Crippen LogP contribution in [-0.2, 0) is 11.3 Å². The summed E-state index contributed by atoms with van der Waals surface area (Å²) in [5.41, 5.74) is 7.11. The molecule has 0 saturated carbocycles. The smallest absolute Gasteiger partial charge is 0.119 e. The molecule has 108 valence electrons. The Bertz CT molecular complexity index is 364. The molecule has 0 aromatic heterocycles. The van der Waals surface area contributed by atoms with Crippen LogP contribution < -0.4 is 10.5 Å². The Balaban J connectivity index is 2.24. The monoisotopic (exact) mass is 265 g/mol. The zero-order valence-electron chi connectivity index (χ0n) is 12.4. The topological polar surface area (TPSA) is 44.5 Å². The summed E-state index contributed by atoms with van der Waals surface area (Å²) in [4.78, 5) is 0. The molecule has 0 heterocycles. The maximum absolute atomic E-state index is 5.75. The largest absolute Gasteiger partial charge is 0.494 e. The summed E-state index contributed by atoms with van der Waals surface area (Å²) in [6, 6.07) is 8.07. The van der Waals surface area contributed by atoms with Crippen LogP contribution in [-0.4, -0.2) is 20.3 Å². The van der Waals surface area contributed by atoms with Gasteiger partial charge >= 0.3 is 0 Å². The van der Waals surface area contributed by atoms with Gasteiger partial charge in [-0.15, -0.1) is 0 Å². The third kappa shape index (κ3) is 6.60. The first-order valence-corrected chi connectivity index (χ1v) is 6.98. The van der Waals surface area contributed by atoms with Gasteiger partial charge in [-0.3, -0.25) is 0 Å². The number of ether oxygens (including phenoxy) is 2. The van der Waals surface area contributed by atoms with E-state index in [1.807, 2.05) is 24.3 Å². The average Bonchev–Trinajstić information content (AvgIpc) is 2.39. The molecule has 0 aliphatic heterocycles. The lowest BCUT2D eigenvalue weighted by molar-refractivity contribution is 0.184. The van der Waals surface area contributed by atoms with Gasteiger partial charge < -0.3 is 15.2 Å². The van der Waals surface area contributed by atoms with E-state index in [9.17, 15) is 0 Å². The second kappa shape index (κ2) is 8.18. The lowest BCUT2D eigenvalue weighted by Crippen LogP contribution is -2.23. The highest BCUT2D eigenvalue weighted by atomic mass is 16.5. The van der Waals surface area contributed by atoms with Crippen molar-refractivity contribution in [3.63, 3.8) is 0 Å². The van der Waals surface area contributed by atoms with Crippen molar-refractivity contribution in [3.05, 3.63) is 29.8 Å². The van der Waals surface area contributed by atoms with Gasteiger partial charge in [0.15, 0.2) is 0 Å². The van der Waals surface area contributed by atoms with E-state index in [1.165, 1.54) is 0 Å². The minimum atomic E-state index is 0.248. The van der Waals surface area contributed by atoms with E-state index in [1.54, 1.807) is 7.11 Å². The van der Waals surface area contributed by atoms with E-state index < -0.39 is 0 Å². The highest BCUT2D eigenvalue weighted by molar-refractivity contribution is 5.28. The number of unbranched alkanes of at least 4 members (excludes halogenated alkanes) is 1. The molecule has 0 atom stereocenters. The van der Waals surface area contributed by atoms with E-state index in [2.05, 4.69) is 13.8 Å². The third-order valence-electron chi connectivity index (χ3n) is 3.28. The molecule has 0 unspecified atom stereocenters. The van der Waals surface area contributed by atoms with E-state index in [0.717, 1.165) is 43.7 Å². The molecule has 0 bridgehead atoms. The first-order valence-electron chi connectivity index (χ1n) is 6.98. The van der Waals surface area contributed by atoms with Gasteiger partial charge in [0.25, 0.3) is 0 Å². The third-order valence-corrected chi connectivity index (χ3v) is 3.28. The van der Waals surface area contributed by atoms with E-state index >= 15 is 0 Å². The van der Waals surface area contributed by atoms with Gasteiger partial charge in [-0.25, -0.2) is 0 Å². The van der Waals surface area contributed by atoms with Gasteiger partial charge in [0.2, 0.25) is 0 Å². The fourth-order valence-electron chi connectivity index (χ4n) is 1.89. The van der Waals surface area contributed by atoms with Gasteiger partial charge in [-0.05, 0) is 48.9 Å². The van der Waals surface area contributed by atoms with E-state index in [4.69, 9.17) is 15.2 Å². The number of hydrogen-bond acceptors (Lipinski definition) is 3. The van der Waals surface area contributed by atoms with Crippen LogP contribution in [0.1, 0.15) is 38.7 Å². The molecule has 1 aromatic carbocycles. The van der Waals surface area contributed by atoms with Crippen molar-refractivity contribution < 1.29 is 9.47 Å². The molecular formula is C16H27NO2. The average molecular weight is 265 g/mol. The quantitative estimate of drug-likeness (QED) is 0.696. The van der Waals surface area contributed by atoms with Gasteiger partial charge in [0.05, 0.1) is 13.2 Å². The molecule has 0 aliphatic rings. The van der Waals surface area contributed by atoms with Crippen LogP contribution >= 0.6 is 0 Å². The predicted octanol–water partition coefficient (Wildman–Crippen LogP) is 3.37. The van der Waals surface area contributed by atoms with Crippen LogP contribution in [0.2, 0.25) is 0 Å². The summed E-state index contributed by atoms with van der Waals surface area (Å²) in [6.07, 6.45) is 3.37. The summed E-state index contributed by atoms with van der Waals surface area (Å²) < 4.78 is 10.9. The molecule has 1 aromatic rings. The van der Waals surface area contributed by atoms with Crippen molar-refractivity contribution in [2.24, 2.45) is 11.1 Å². The lowest BCUT2D eigenvalue weighted by Gasteiger charge is -2.21. The van der Waals surface area contributed by atoms with Crippen LogP contribution in [0.15, 0.2) is 24.3 Å². The molecule has 3 heteroatoms. The van der Waals surface area contributed by atoms with E-state index in [-0.39, 0.29) is 5.41 Å². The van der Waals surface area contributed by atoms with Crippen LogP contribution in [0, 0.1) is 5.41 Å². The van der Waals surface area contributed by atoms with Crippen LogP contribution in [0.25, 0.3) is 0 Å². The number of nitrogens with two attached hydrogens (primary N) is 1. The normalized spacial score (nSPS) is 11.6. The highest BCUT2D eigenvalue weighted by Crippen LogP contribution is 2.21. The van der Waals surface area contributed by atoms with Crippen LogP contribution in [0.4, 0.5) is 0 Å². The number of hydrogen-bond donors (Lipinski definition) is 1. The maximum Gasteiger partial charge on any atom is 0.119 e. The van der Waals surface area contributed by atoms with Crippen molar-refractivity contribution in [2.75, 3.05) is 20.3 Å². The number of benzene rings is 1. The number of rotatable bonds is 9. The van der Waals surface area contributed by atoms with Crippen molar-refractivity contribution in [1.29, 1.82) is 0 Å². The molecule has 0 aliphatic carbocycles. The maximum atomic E-state index is 5.75. The molecule has 0 spiro atoms. The molecule has 0 fully saturated rings. The summed E-state index contributed by atoms with van der Waals surface area (Å²) >= 11 is 0. The summed E-state index contributed by atoms with van der Waals surface area (Å²) in [5, 5.41) is 0. The first-order chi connectivity index (χ1) is 9.07. The Kier molecular flexibility index (Phi) is 6.89. The Morgan fingerprint density at radius 1 is 1.21 bits per heavy atom. The lowest BCUT2D eigenvalue weighted by atomic mass is 9.87. The molecule has 0 amide bonds. The molecular weight excluding hydrogens is 238 g/mol. The van der Waals surface area contributed by atoms with Crippen molar-refractivity contribution >= 4 is 0 Å². The Morgan fingerprint density at radius 2 is 2.00 bits per heavy atom. The molecule has 2 N–H and O–H groups in total. The van der Waals surface area contributed by atoms with Crippen molar-refractivity contribution in [2.45, 2.75) is 39.7 Å². The minimum absolute atomic E-state index is 0.248. The minimum Gasteiger partial charge on any atom is -0.494 e. The Morgan fingerprint density at radius 3 is 2.68 bits per heavy atom. The van der Waals surface area contributed by atoms with Gasteiger partial charge in [-0.1, -0.05) is 26.0 Å². The summed E-state index contributed by atoms with van der Waals surface area (Å²) in [7, 11) is 1.70.